The summed E-state index contributed by atoms with van der Waals surface area (Å²) in [7, 11) is -3.62. The smallest absolute Gasteiger partial charge is 0.261 e. The molecule has 26 heavy (non-hydrogen) atoms. The molecular weight excluding hydrogens is 350 g/mol. The van der Waals surface area contributed by atoms with Crippen LogP contribution in [-0.4, -0.2) is 51.9 Å². The van der Waals surface area contributed by atoms with E-state index in [-0.39, 0.29) is 10.8 Å². The zero-order valence-electron chi connectivity index (χ0n) is 14.8. The minimum absolute atomic E-state index is 0.00220. The second-order valence-corrected chi connectivity index (χ2v) is 8.07. The Morgan fingerprint density at radius 3 is 2.23 bits per heavy atom. The van der Waals surface area contributed by atoms with Crippen molar-refractivity contribution in [3.63, 3.8) is 0 Å². The highest BCUT2D eigenvalue weighted by Gasteiger charge is 2.23. The van der Waals surface area contributed by atoms with Crippen LogP contribution < -0.4 is 9.62 Å². The Bertz CT molecular complexity index is 843. The zero-order chi connectivity index (χ0) is 18.6. The standard InChI is InChI=1S/C19H23N3O3S/c1-2-21-12-14-22(15-13-21)19(23)16-8-10-17(11-9-16)20-26(24,25)18-6-4-3-5-7-18/h3-11,20H,2,12-15H2,1H3/p+1. The first kappa shape index (κ1) is 18.4. The molecule has 0 saturated carbocycles. The van der Waals surface area contributed by atoms with Crippen LogP contribution in [-0.2, 0) is 10.0 Å². The summed E-state index contributed by atoms with van der Waals surface area (Å²) in [5, 5.41) is 0. The van der Waals surface area contributed by atoms with E-state index in [1.165, 1.54) is 17.0 Å². The van der Waals surface area contributed by atoms with Crippen molar-refractivity contribution in [3.8, 4) is 0 Å². The van der Waals surface area contributed by atoms with Gasteiger partial charge < -0.3 is 9.80 Å². The number of likely N-dealkylation sites (N-methyl/N-ethyl adjacent to an activating group) is 1. The third-order valence-electron chi connectivity index (χ3n) is 4.70. The molecular formula is C19H24N3O3S+. The summed E-state index contributed by atoms with van der Waals surface area (Å²) in [6, 6.07) is 14.8. The van der Waals surface area contributed by atoms with Gasteiger partial charge in [0.15, 0.2) is 0 Å². The summed E-state index contributed by atoms with van der Waals surface area (Å²) < 4.78 is 27.2. The lowest BCUT2D eigenvalue weighted by Gasteiger charge is -2.31. The van der Waals surface area contributed by atoms with E-state index in [0.29, 0.717) is 11.3 Å². The third-order valence-corrected chi connectivity index (χ3v) is 6.09. The Labute approximate surface area is 154 Å². The van der Waals surface area contributed by atoms with Crippen molar-refractivity contribution in [1.82, 2.24) is 4.90 Å². The molecule has 1 fully saturated rings. The first-order chi connectivity index (χ1) is 12.5. The van der Waals surface area contributed by atoms with Crippen molar-refractivity contribution in [3.05, 3.63) is 60.2 Å². The second-order valence-electron chi connectivity index (χ2n) is 6.39. The summed E-state index contributed by atoms with van der Waals surface area (Å²) in [4.78, 5) is 16.2. The minimum atomic E-state index is -3.62. The maximum absolute atomic E-state index is 12.6. The Kier molecular flexibility index (Phi) is 5.58. The van der Waals surface area contributed by atoms with Crippen LogP contribution in [0.25, 0.3) is 0 Å². The van der Waals surface area contributed by atoms with Crippen molar-refractivity contribution in [2.75, 3.05) is 37.4 Å². The monoisotopic (exact) mass is 374 g/mol. The third kappa shape index (κ3) is 4.23. The van der Waals surface area contributed by atoms with E-state index in [1.807, 2.05) is 4.90 Å². The van der Waals surface area contributed by atoms with E-state index in [0.717, 1.165) is 32.7 Å². The molecule has 0 radical (unpaired) electrons. The number of benzene rings is 2. The number of anilines is 1. The number of rotatable bonds is 5. The summed E-state index contributed by atoms with van der Waals surface area (Å²) in [5.41, 5.74) is 1.01. The summed E-state index contributed by atoms with van der Waals surface area (Å²) in [6.07, 6.45) is 0. The SMILES string of the molecule is CC[NH+]1CCN(C(=O)c2ccc(NS(=O)(=O)c3ccccc3)cc2)CC1. The first-order valence-electron chi connectivity index (χ1n) is 8.80. The van der Waals surface area contributed by atoms with Crippen LogP contribution in [0.2, 0.25) is 0 Å². The van der Waals surface area contributed by atoms with Crippen LogP contribution in [0.3, 0.4) is 0 Å². The van der Waals surface area contributed by atoms with Gasteiger partial charge >= 0.3 is 0 Å². The molecule has 138 valence electrons. The van der Waals surface area contributed by atoms with Gasteiger partial charge in [-0.3, -0.25) is 9.52 Å². The quantitative estimate of drug-likeness (QED) is 0.815. The molecule has 1 aliphatic heterocycles. The van der Waals surface area contributed by atoms with Crippen LogP contribution >= 0.6 is 0 Å². The van der Waals surface area contributed by atoms with E-state index in [4.69, 9.17) is 0 Å². The molecule has 2 aromatic carbocycles. The maximum Gasteiger partial charge on any atom is 0.261 e. The lowest BCUT2D eigenvalue weighted by atomic mass is 10.1. The predicted molar refractivity (Wildman–Crippen MR) is 101 cm³/mol. The van der Waals surface area contributed by atoms with E-state index in [2.05, 4.69) is 11.6 Å². The van der Waals surface area contributed by atoms with E-state index >= 15 is 0 Å². The lowest BCUT2D eigenvalue weighted by Crippen LogP contribution is -3.14. The number of carbonyl (C=O) groups is 1. The fourth-order valence-electron chi connectivity index (χ4n) is 3.06. The fourth-order valence-corrected chi connectivity index (χ4v) is 4.14. The highest BCUT2D eigenvalue weighted by Crippen LogP contribution is 2.17. The van der Waals surface area contributed by atoms with E-state index in [9.17, 15) is 13.2 Å². The van der Waals surface area contributed by atoms with Crippen LogP contribution in [0, 0.1) is 0 Å². The van der Waals surface area contributed by atoms with Crippen molar-refractivity contribution >= 4 is 21.6 Å². The molecule has 0 aliphatic carbocycles. The number of hydrogen-bond acceptors (Lipinski definition) is 3. The molecule has 1 amide bonds. The molecule has 0 atom stereocenters. The maximum atomic E-state index is 12.6. The Hall–Kier alpha value is -2.38. The van der Waals surface area contributed by atoms with Crippen molar-refractivity contribution < 1.29 is 18.1 Å². The van der Waals surface area contributed by atoms with Crippen LogP contribution in [0.1, 0.15) is 17.3 Å². The molecule has 0 bridgehead atoms. The lowest BCUT2D eigenvalue weighted by molar-refractivity contribution is -0.902. The molecule has 7 heteroatoms. The van der Waals surface area contributed by atoms with Gasteiger partial charge in [-0.1, -0.05) is 18.2 Å². The van der Waals surface area contributed by atoms with Crippen molar-refractivity contribution in [1.29, 1.82) is 0 Å². The van der Waals surface area contributed by atoms with E-state index < -0.39 is 10.0 Å². The van der Waals surface area contributed by atoms with Crippen molar-refractivity contribution in [2.24, 2.45) is 0 Å². The number of amides is 1. The molecule has 2 aromatic rings. The average Bonchev–Trinajstić information content (AvgIpc) is 2.68. The van der Waals surface area contributed by atoms with Crippen LogP contribution in [0.4, 0.5) is 5.69 Å². The van der Waals surface area contributed by atoms with Crippen LogP contribution in [0.5, 0.6) is 0 Å². The minimum Gasteiger partial charge on any atom is -0.332 e. The second kappa shape index (κ2) is 7.88. The van der Waals surface area contributed by atoms with Crippen LogP contribution in [0.15, 0.2) is 59.5 Å². The van der Waals surface area contributed by atoms with Gasteiger partial charge in [0.25, 0.3) is 15.9 Å². The van der Waals surface area contributed by atoms with Gasteiger partial charge in [0.05, 0.1) is 37.6 Å². The summed E-state index contributed by atoms with van der Waals surface area (Å²) >= 11 is 0. The van der Waals surface area contributed by atoms with Gasteiger partial charge in [-0.05, 0) is 43.3 Å². The van der Waals surface area contributed by atoms with E-state index in [1.54, 1.807) is 42.5 Å². The van der Waals surface area contributed by atoms with Gasteiger partial charge in [-0.2, -0.15) is 0 Å². The van der Waals surface area contributed by atoms with Crippen molar-refractivity contribution in [2.45, 2.75) is 11.8 Å². The number of quaternary nitrogens is 1. The molecule has 1 heterocycles. The molecule has 6 nitrogen and oxygen atoms in total. The highest BCUT2D eigenvalue weighted by molar-refractivity contribution is 7.92. The fraction of sp³-hybridized carbons (Fsp3) is 0.316. The molecule has 1 aliphatic rings. The largest absolute Gasteiger partial charge is 0.332 e. The number of sulfonamides is 1. The normalized spacial score (nSPS) is 15.7. The number of hydrogen-bond donors (Lipinski definition) is 2. The molecule has 1 saturated heterocycles. The van der Waals surface area contributed by atoms with Gasteiger partial charge in [0.2, 0.25) is 0 Å². The topological polar surface area (TPSA) is 70.9 Å². The Morgan fingerprint density at radius 1 is 1.04 bits per heavy atom. The van der Waals surface area contributed by atoms with Gasteiger partial charge in [-0.25, -0.2) is 8.42 Å². The van der Waals surface area contributed by atoms with Gasteiger partial charge in [-0.15, -0.1) is 0 Å². The number of carbonyl (C=O) groups excluding carboxylic acids is 1. The number of nitrogens with one attached hydrogen (secondary N) is 2. The zero-order valence-corrected chi connectivity index (χ0v) is 15.6. The van der Waals surface area contributed by atoms with Gasteiger partial charge in [0, 0.05) is 11.3 Å². The number of piperazine rings is 1. The summed E-state index contributed by atoms with van der Waals surface area (Å²) in [6.45, 7) is 6.68. The Morgan fingerprint density at radius 2 is 1.65 bits per heavy atom. The predicted octanol–water partition coefficient (Wildman–Crippen LogP) is 0.848. The van der Waals surface area contributed by atoms with Gasteiger partial charge in [0.1, 0.15) is 0 Å². The molecule has 0 unspecified atom stereocenters. The summed E-state index contributed by atoms with van der Waals surface area (Å²) in [5.74, 6) is -0.00220. The molecule has 0 aromatic heterocycles. The molecule has 3 rings (SSSR count). The molecule has 0 spiro atoms. The highest BCUT2D eigenvalue weighted by atomic mass is 32.2. The average molecular weight is 374 g/mol. The number of nitrogens with zero attached hydrogens (tertiary/aromatic N) is 1. The first-order valence-corrected chi connectivity index (χ1v) is 10.3. The molecule has 2 N–H and O–H groups in total. The Balaban J connectivity index is 1.66.